The number of amides is 2. The molecule has 24 heavy (non-hydrogen) atoms. The summed E-state index contributed by atoms with van der Waals surface area (Å²) in [5.41, 5.74) is 1.03. The van der Waals surface area contributed by atoms with Crippen LogP contribution in [0.4, 0.5) is 0 Å². The second kappa shape index (κ2) is 8.11. The lowest BCUT2D eigenvalue weighted by molar-refractivity contribution is -0.132. The number of benzene rings is 1. The van der Waals surface area contributed by atoms with E-state index in [2.05, 4.69) is 4.90 Å². The van der Waals surface area contributed by atoms with Gasteiger partial charge in [0, 0.05) is 45.3 Å². The van der Waals surface area contributed by atoms with E-state index in [-0.39, 0.29) is 11.8 Å². The lowest BCUT2D eigenvalue weighted by atomic mass is 10.2. The van der Waals surface area contributed by atoms with Crippen molar-refractivity contribution in [2.45, 2.75) is 12.8 Å². The first-order chi connectivity index (χ1) is 11.7. The predicted octanol–water partition coefficient (Wildman–Crippen LogP) is 1.47. The summed E-state index contributed by atoms with van der Waals surface area (Å²) < 4.78 is 0. The molecule has 2 amide bonds. The molecule has 5 heteroatoms. The smallest absolute Gasteiger partial charge is 0.246 e. The Morgan fingerprint density at radius 3 is 2.21 bits per heavy atom. The van der Waals surface area contributed by atoms with E-state index in [1.807, 2.05) is 46.2 Å². The van der Waals surface area contributed by atoms with Gasteiger partial charge in [0.05, 0.1) is 6.54 Å². The van der Waals surface area contributed by atoms with E-state index in [0.29, 0.717) is 19.6 Å². The highest BCUT2D eigenvalue weighted by atomic mass is 16.2. The van der Waals surface area contributed by atoms with Crippen molar-refractivity contribution in [1.82, 2.24) is 14.7 Å². The summed E-state index contributed by atoms with van der Waals surface area (Å²) in [5.74, 6) is 0.278. The van der Waals surface area contributed by atoms with Gasteiger partial charge in [0.25, 0.3) is 0 Å². The van der Waals surface area contributed by atoms with Crippen LogP contribution in [0.2, 0.25) is 0 Å². The molecule has 1 aromatic carbocycles. The average Bonchev–Trinajstić information content (AvgIpc) is 3.16. The lowest BCUT2D eigenvalue weighted by Gasteiger charge is -2.34. The molecular formula is C19H25N3O2. The van der Waals surface area contributed by atoms with Crippen molar-refractivity contribution in [2.24, 2.45) is 0 Å². The molecule has 0 spiro atoms. The Morgan fingerprint density at radius 2 is 1.54 bits per heavy atom. The molecule has 3 rings (SSSR count). The van der Waals surface area contributed by atoms with Gasteiger partial charge in [-0.1, -0.05) is 30.3 Å². The summed E-state index contributed by atoms with van der Waals surface area (Å²) >= 11 is 0. The van der Waals surface area contributed by atoms with Crippen LogP contribution in [-0.4, -0.2) is 72.3 Å². The van der Waals surface area contributed by atoms with Crippen LogP contribution in [0.1, 0.15) is 18.4 Å². The maximum atomic E-state index is 12.3. The molecule has 0 aliphatic carbocycles. The second-order valence-corrected chi connectivity index (χ2v) is 6.43. The van der Waals surface area contributed by atoms with Crippen molar-refractivity contribution in [3.05, 3.63) is 42.0 Å². The summed E-state index contributed by atoms with van der Waals surface area (Å²) in [4.78, 5) is 30.4. The molecule has 5 nitrogen and oxygen atoms in total. The Kier molecular flexibility index (Phi) is 5.64. The normalized spacial score (nSPS) is 19.2. The van der Waals surface area contributed by atoms with Gasteiger partial charge in [0.15, 0.2) is 0 Å². The molecule has 2 fully saturated rings. The van der Waals surface area contributed by atoms with Crippen molar-refractivity contribution < 1.29 is 9.59 Å². The summed E-state index contributed by atoms with van der Waals surface area (Å²) in [6.45, 7) is 5.20. The van der Waals surface area contributed by atoms with E-state index >= 15 is 0 Å². The molecule has 0 radical (unpaired) electrons. The van der Waals surface area contributed by atoms with E-state index in [1.165, 1.54) is 0 Å². The third kappa shape index (κ3) is 4.45. The monoisotopic (exact) mass is 327 g/mol. The number of carbonyl (C=O) groups excluding carboxylic acids is 2. The molecule has 0 atom stereocenters. The van der Waals surface area contributed by atoms with E-state index < -0.39 is 0 Å². The van der Waals surface area contributed by atoms with Crippen molar-refractivity contribution >= 4 is 17.9 Å². The van der Waals surface area contributed by atoms with Gasteiger partial charge in [0.1, 0.15) is 0 Å². The minimum Gasteiger partial charge on any atom is -0.342 e. The van der Waals surface area contributed by atoms with Crippen LogP contribution in [0, 0.1) is 0 Å². The number of hydrogen-bond donors (Lipinski definition) is 0. The van der Waals surface area contributed by atoms with Crippen molar-refractivity contribution in [2.75, 3.05) is 45.8 Å². The fourth-order valence-electron chi connectivity index (χ4n) is 3.22. The quantitative estimate of drug-likeness (QED) is 0.787. The molecule has 2 aliphatic rings. The van der Waals surface area contributed by atoms with E-state index in [4.69, 9.17) is 0 Å². The SMILES string of the molecule is O=C(C=Cc1ccccc1)N1CCN(CC(=O)N2CCCC2)CC1. The number of hydrogen-bond acceptors (Lipinski definition) is 3. The molecule has 0 aromatic heterocycles. The highest BCUT2D eigenvalue weighted by Gasteiger charge is 2.24. The number of rotatable bonds is 4. The minimum atomic E-state index is 0.0457. The first-order valence-electron chi connectivity index (χ1n) is 8.74. The molecular weight excluding hydrogens is 302 g/mol. The van der Waals surface area contributed by atoms with Crippen LogP contribution in [0.15, 0.2) is 36.4 Å². The number of carbonyl (C=O) groups is 2. The Balaban J connectivity index is 1.43. The van der Waals surface area contributed by atoms with Crippen LogP contribution in [0.25, 0.3) is 6.08 Å². The van der Waals surface area contributed by atoms with Gasteiger partial charge in [-0.25, -0.2) is 0 Å². The molecule has 0 saturated carbocycles. The van der Waals surface area contributed by atoms with E-state index in [0.717, 1.165) is 44.6 Å². The molecule has 1 aromatic rings. The van der Waals surface area contributed by atoms with Gasteiger partial charge in [-0.05, 0) is 24.5 Å². The van der Waals surface area contributed by atoms with Crippen molar-refractivity contribution in [3.63, 3.8) is 0 Å². The topological polar surface area (TPSA) is 43.9 Å². The number of nitrogens with zero attached hydrogens (tertiary/aromatic N) is 3. The van der Waals surface area contributed by atoms with Crippen molar-refractivity contribution in [3.8, 4) is 0 Å². The second-order valence-electron chi connectivity index (χ2n) is 6.43. The van der Waals surface area contributed by atoms with E-state index in [1.54, 1.807) is 6.08 Å². The zero-order valence-corrected chi connectivity index (χ0v) is 14.1. The maximum absolute atomic E-state index is 12.3. The van der Waals surface area contributed by atoms with Gasteiger partial charge in [-0.3, -0.25) is 14.5 Å². The Hall–Kier alpha value is -2.14. The number of piperazine rings is 1. The molecule has 0 unspecified atom stereocenters. The largest absolute Gasteiger partial charge is 0.342 e. The van der Waals surface area contributed by atoms with Crippen LogP contribution >= 0.6 is 0 Å². The third-order valence-corrected chi connectivity index (χ3v) is 4.72. The predicted molar refractivity (Wildman–Crippen MR) is 94.3 cm³/mol. The maximum Gasteiger partial charge on any atom is 0.246 e. The molecule has 0 N–H and O–H groups in total. The Labute approximate surface area is 143 Å². The van der Waals surface area contributed by atoms with Gasteiger partial charge >= 0.3 is 0 Å². The molecule has 128 valence electrons. The van der Waals surface area contributed by atoms with Gasteiger partial charge in [-0.2, -0.15) is 0 Å². The fourth-order valence-corrected chi connectivity index (χ4v) is 3.22. The van der Waals surface area contributed by atoms with Crippen LogP contribution < -0.4 is 0 Å². The third-order valence-electron chi connectivity index (χ3n) is 4.72. The summed E-state index contributed by atoms with van der Waals surface area (Å²) in [7, 11) is 0. The summed E-state index contributed by atoms with van der Waals surface area (Å²) in [5, 5.41) is 0. The summed E-state index contributed by atoms with van der Waals surface area (Å²) in [6, 6.07) is 9.83. The highest BCUT2D eigenvalue weighted by Crippen LogP contribution is 2.10. The number of likely N-dealkylation sites (tertiary alicyclic amines) is 1. The first-order valence-corrected chi connectivity index (χ1v) is 8.74. The van der Waals surface area contributed by atoms with Crippen LogP contribution in [0.5, 0.6) is 0 Å². The summed E-state index contributed by atoms with van der Waals surface area (Å²) in [6.07, 6.45) is 5.75. The van der Waals surface area contributed by atoms with Crippen molar-refractivity contribution in [1.29, 1.82) is 0 Å². The van der Waals surface area contributed by atoms with Crippen LogP contribution in [-0.2, 0) is 9.59 Å². The fraction of sp³-hybridized carbons (Fsp3) is 0.474. The molecule has 2 aliphatic heterocycles. The molecule has 2 heterocycles. The molecule has 2 saturated heterocycles. The highest BCUT2D eigenvalue weighted by molar-refractivity contribution is 5.91. The standard InChI is InChI=1S/C19H25N3O2/c23-18(9-8-17-6-2-1-3-7-17)22-14-12-20(13-15-22)16-19(24)21-10-4-5-11-21/h1-3,6-9H,4-5,10-16H2. The Bertz CT molecular complexity index is 586. The average molecular weight is 327 g/mol. The molecule has 0 bridgehead atoms. The Morgan fingerprint density at radius 1 is 0.875 bits per heavy atom. The van der Waals surface area contributed by atoms with E-state index in [9.17, 15) is 9.59 Å². The minimum absolute atomic E-state index is 0.0457. The zero-order chi connectivity index (χ0) is 16.8. The van der Waals surface area contributed by atoms with Gasteiger partial charge < -0.3 is 9.80 Å². The zero-order valence-electron chi connectivity index (χ0n) is 14.1. The lowest BCUT2D eigenvalue weighted by Crippen LogP contribution is -2.51. The van der Waals surface area contributed by atoms with Gasteiger partial charge in [-0.15, -0.1) is 0 Å². The van der Waals surface area contributed by atoms with Gasteiger partial charge in [0.2, 0.25) is 11.8 Å². The van der Waals surface area contributed by atoms with Crippen LogP contribution in [0.3, 0.4) is 0 Å². The first kappa shape index (κ1) is 16.7.